The van der Waals surface area contributed by atoms with Crippen LogP contribution in [0.2, 0.25) is 0 Å². The summed E-state index contributed by atoms with van der Waals surface area (Å²) in [6.45, 7) is 8.25. The summed E-state index contributed by atoms with van der Waals surface area (Å²) in [7, 11) is 0. The molecule has 0 bridgehead atoms. The molecule has 106 valence electrons. The van der Waals surface area contributed by atoms with E-state index in [2.05, 4.69) is 45.0 Å². The van der Waals surface area contributed by atoms with E-state index < -0.39 is 0 Å². The largest absolute Gasteiger partial charge is 0.388 e. The van der Waals surface area contributed by atoms with Gasteiger partial charge < -0.3 is 9.84 Å². The molecule has 1 aliphatic rings. The lowest BCUT2D eigenvalue weighted by Crippen LogP contribution is -2.23. The Morgan fingerprint density at radius 1 is 1.32 bits per heavy atom. The summed E-state index contributed by atoms with van der Waals surface area (Å²) >= 11 is 0. The van der Waals surface area contributed by atoms with Crippen molar-refractivity contribution in [1.29, 1.82) is 0 Å². The maximum Gasteiger partial charge on any atom is 0.0840 e. The molecule has 19 heavy (non-hydrogen) atoms. The highest BCUT2D eigenvalue weighted by Gasteiger charge is 2.24. The molecule has 2 atom stereocenters. The normalized spacial score (nSPS) is 22.2. The van der Waals surface area contributed by atoms with Gasteiger partial charge in [-0.1, -0.05) is 45.0 Å². The second-order valence-corrected chi connectivity index (χ2v) is 6.28. The SMILES string of the molecule is CCC(C)(C)c1ccc(C(O)C2CCCOC2)cc1. The van der Waals surface area contributed by atoms with E-state index in [0.717, 1.165) is 31.4 Å². The van der Waals surface area contributed by atoms with Crippen LogP contribution in [-0.2, 0) is 10.2 Å². The van der Waals surface area contributed by atoms with Crippen LogP contribution in [0.25, 0.3) is 0 Å². The Kier molecular flexibility index (Phi) is 4.64. The van der Waals surface area contributed by atoms with E-state index >= 15 is 0 Å². The van der Waals surface area contributed by atoms with Crippen molar-refractivity contribution in [1.82, 2.24) is 0 Å². The second-order valence-electron chi connectivity index (χ2n) is 6.28. The van der Waals surface area contributed by atoms with Gasteiger partial charge in [0.15, 0.2) is 0 Å². The van der Waals surface area contributed by atoms with Crippen molar-refractivity contribution in [3.8, 4) is 0 Å². The molecule has 1 aromatic rings. The molecule has 1 aliphatic heterocycles. The molecule has 1 N–H and O–H groups in total. The van der Waals surface area contributed by atoms with E-state index in [-0.39, 0.29) is 17.4 Å². The number of ether oxygens (including phenoxy) is 1. The zero-order valence-corrected chi connectivity index (χ0v) is 12.4. The molecule has 0 saturated carbocycles. The Balaban J connectivity index is 2.09. The van der Waals surface area contributed by atoms with Crippen LogP contribution in [0, 0.1) is 5.92 Å². The van der Waals surface area contributed by atoms with Gasteiger partial charge in [0.25, 0.3) is 0 Å². The van der Waals surface area contributed by atoms with Crippen molar-refractivity contribution in [2.45, 2.75) is 51.6 Å². The number of hydrogen-bond donors (Lipinski definition) is 1. The fourth-order valence-electron chi connectivity index (χ4n) is 2.62. The topological polar surface area (TPSA) is 29.5 Å². The zero-order chi connectivity index (χ0) is 13.9. The van der Waals surface area contributed by atoms with E-state index in [0.29, 0.717) is 6.61 Å². The van der Waals surface area contributed by atoms with Gasteiger partial charge in [0.2, 0.25) is 0 Å². The molecule has 1 heterocycles. The zero-order valence-electron chi connectivity index (χ0n) is 12.4. The molecule has 2 rings (SSSR count). The van der Waals surface area contributed by atoms with E-state index in [1.807, 2.05) is 0 Å². The number of rotatable bonds is 4. The highest BCUT2D eigenvalue weighted by Crippen LogP contribution is 2.31. The van der Waals surface area contributed by atoms with Gasteiger partial charge in [-0.3, -0.25) is 0 Å². The predicted molar refractivity (Wildman–Crippen MR) is 78.3 cm³/mol. The molecule has 0 spiro atoms. The van der Waals surface area contributed by atoms with E-state index in [1.54, 1.807) is 0 Å². The van der Waals surface area contributed by atoms with Crippen LogP contribution in [0.5, 0.6) is 0 Å². The fraction of sp³-hybridized carbons (Fsp3) is 0.647. The Bertz CT molecular complexity index is 388. The van der Waals surface area contributed by atoms with Crippen LogP contribution in [0.3, 0.4) is 0 Å². The van der Waals surface area contributed by atoms with Crippen molar-refractivity contribution < 1.29 is 9.84 Å². The first kappa shape index (κ1) is 14.5. The first-order valence-electron chi connectivity index (χ1n) is 7.41. The van der Waals surface area contributed by atoms with Crippen LogP contribution < -0.4 is 0 Å². The summed E-state index contributed by atoms with van der Waals surface area (Å²) in [4.78, 5) is 0. The monoisotopic (exact) mass is 262 g/mol. The van der Waals surface area contributed by atoms with Crippen molar-refractivity contribution in [3.63, 3.8) is 0 Å². The lowest BCUT2D eigenvalue weighted by Gasteiger charge is -2.28. The molecular formula is C17H26O2. The molecule has 0 aliphatic carbocycles. The van der Waals surface area contributed by atoms with Gasteiger partial charge in [-0.05, 0) is 35.8 Å². The highest BCUT2D eigenvalue weighted by atomic mass is 16.5. The minimum absolute atomic E-state index is 0.206. The van der Waals surface area contributed by atoms with Crippen molar-refractivity contribution in [3.05, 3.63) is 35.4 Å². The van der Waals surface area contributed by atoms with Gasteiger partial charge in [0.1, 0.15) is 0 Å². The van der Waals surface area contributed by atoms with Gasteiger partial charge in [-0.25, -0.2) is 0 Å². The molecular weight excluding hydrogens is 236 g/mol. The molecule has 1 fully saturated rings. The molecule has 2 unspecified atom stereocenters. The van der Waals surface area contributed by atoms with Crippen molar-refractivity contribution in [2.75, 3.05) is 13.2 Å². The smallest absolute Gasteiger partial charge is 0.0840 e. The van der Waals surface area contributed by atoms with Gasteiger partial charge in [-0.2, -0.15) is 0 Å². The molecule has 0 amide bonds. The number of aliphatic hydroxyl groups is 1. The third kappa shape index (κ3) is 3.37. The fourth-order valence-corrected chi connectivity index (χ4v) is 2.62. The van der Waals surface area contributed by atoms with Crippen LogP contribution in [0.4, 0.5) is 0 Å². The molecule has 1 saturated heterocycles. The average Bonchev–Trinajstić information content (AvgIpc) is 2.47. The number of hydrogen-bond acceptors (Lipinski definition) is 2. The standard InChI is InChI=1S/C17H26O2/c1-4-17(2,3)15-9-7-13(8-10-15)16(18)14-6-5-11-19-12-14/h7-10,14,16,18H,4-6,11-12H2,1-3H3. The summed E-state index contributed by atoms with van der Waals surface area (Å²) in [5.41, 5.74) is 2.56. The highest BCUT2D eigenvalue weighted by molar-refractivity contribution is 5.29. The molecule has 2 heteroatoms. The lowest BCUT2D eigenvalue weighted by molar-refractivity contribution is -0.00997. The van der Waals surface area contributed by atoms with Crippen LogP contribution in [-0.4, -0.2) is 18.3 Å². The van der Waals surface area contributed by atoms with Gasteiger partial charge in [-0.15, -0.1) is 0 Å². The average molecular weight is 262 g/mol. The van der Waals surface area contributed by atoms with Gasteiger partial charge >= 0.3 is 0 Å². The predicted octanol–water partition coefficient (Wildman–Crippen LogP) is 3.83. The second kappa shape index (κ2) is 6.06. The summed E-state index contributed by atoms with van der Waals surface area (Å²) in [5.74, 6) is 0.249. The molecule has 2 nitrogen and oxygen atoms in total. The summed E-state index contributed by atoms with van der Waals surface area (Å²) in [6, 6.07) is 8.47. The molecule has 0 radical (unpaired) electrons. The quantitative estimate of drug-likeness (QED) is 0.893. The third-order valence-corrected chi connectivity index (χ3v) is 4.56. The van der Waals surface area contributed by atoms with Crippen LogP contribution in [0.1, 0.15) is 57.3 Å². The Labute approximate surface area is 116 Å². The first-order valence-corrected chi connectivity index (χ1v) is 7.41. The Morgan fingerprint density at radius 2 is 2.00 bits per heavy atom. The van der Waals surface area contributed by atoms with E-state index in [9.17, 15) is 5.11 Å². The molecule has 0 aromatic heterocycles. The van der Waals surface area contributed by atoms with Crippen LogP contribution in [0.15, 0.2) is 24.3 Å². The third-order valence-electron chi connectivity index (χ3n) is 4.56. The van der Waals surface area contributed by atoms with E-state index in [4.69, 9.17) is 4.74 Å². The molecule has 1 aromatic carbocycles. The van der Waals surface area contributed by atoms with Crippen molar-refractivity contribution >= 4 is 0 Å². The van der Waals surface area contributed by atoms with E-state index in [1.165, 1.54) is 5.56 Å². The Morgan fingerprint density at radius 3 is 2.53 bits per heavy atom. The van der Waals surface area contributed by atoms with Crippen molar-refractivity contribution in [2.24, 2.45) is 5.92 Å². The maximum atomic E-state index is 10.4. The number of aliphatic hydroxyl groups excluding tert-OH is 1. The van der Waals surface area contributed by atoms with Gasteiger partial charge in [0, 0.05) is 12.5 Å². The minimum Gasteiger partial charge on any atom is -0.388 e. The summed E-state index contributed by atoms with van der Waals surface area (Å²) in [5, 5.41) is 10.4. The minimum atomic E-state index is -0.390. The van der Waals surface area contributed by atoms with Crippen LogP contribution >= 0.6 is 0 Å². The number of benzene rings is 1. The van der Waals surface area contributed by atoms with Gasteiger partial charge in [0.05, 0.1) is 12.7 Å². The lowest BCUT2D eigenvalue weighted by atomic mass is 9.81. The Hall–Kier alpha value is -0.860. The first-order chi connectivity index (χ1) is 9.04. The maximum absolute atomic E-state index is 10.4. The summed E-state index contributed by atoms with van der Waals surface area (Å²) < 4.78 is 5.46. The summed E-state index contributed by atoms with van der Waals surface area (Å²) in [6.07, 6.45) is 2.84.